The smallest absolute Gasteiger partial charge is 0.338 e. The molecular formula is C29H28N2O8S. The van der Waals surface area contributed by atoms with Crippen molar-refractivity contribution in [2.24, 2.45) is 4.99 Å². The maximum atomic E-state index is 13.9. The standard InChI is InChI=1S/C29H28N2O8S/c1-7-12-38-28(34)25-16(2)30-29-31(26(25)19-9-11-20(35-4)23(15-19)37-6)27(33)24(40-29)14-18-8-10-21(39-17(3)32)22(13-18)36-5/h7-11,13-15,26H,1,12H2,2-6H3/b24-14-/t26-/m0/s1. The summed E-state index contributed by atoms with van der Waals surface area (Å²) in [5.41, 5.74) is 1.54. The molecule has 1 atom stereocenters. The van der Waals surface area contributed by atoms with E-state index in [1.165, 1.54) is 50.2 Å². The molecule has 0 aliphatic carbocycles. The molecule has 40 heavy (non-hydrogen) atoms. The maximum absolute atomic E-state index is 13.9. The van der Waals surface area contributed by atoms with Gasteiger partial charge in [-0.05, 0) is 48.4 Å². The fourth-order valence-corrected chi connectivity index (χ4v) is 5.34. The predicted octanol–water partition coefficient (Wildman–Crippen LogP) is 2.92. The Labute approximate surface area is 234 Å². The molecule has 3 aromatic rings. The van der Waals surface area contributed by atoms with Gasteiger partial charge in [-0.25, -0.2) is 9.79 Å². The number of aromatic nitrogens is 1. The van der Waals surface area contributed by atoms with E-state index in [1.807, 2.05) is 0 Å². The lowest BCUT2D eigenvalue weighted by Crippen LogP contribution is -2.40. The van der Waals surface area contributed by atoms with Crippen LogP contribution in [-0.4, -0.2) is 44.4 Å². The normalized spacial score (nSPS) is 14.6. The van der Waals surface area contributed by atoms with Crippen LogP contribution in [0.5, 0.6) is 23.0 Å². The van der Waals surface area contributed by atoms with Crippen LogP contribution in [0.2, 0.25) is 0 Å². The number of nitrogens with zero attached hydrogens (tertiary/aromatic N) is 2. The molecule has 0 bridgehead atoms. The molecule has 0 unspecified atom stereocenters. The molecule has 1 aliphatic heterocycles. The number of carbonyl (C=O) groups is 2. The van der Waals surface area contributed by atoms with E-state index < -0.39 is 18.0 Å². The summed E-state index contributed by atoms with van der Waals surface area (Å²) in [4.78, 5) is 43.5. The lowest BCUT2D eigenvalue weighted by atomic mass is 9.95. The number of hydrogen-bond donors (Lipinski definition) is 0. The van der Waals surface area contributed by atoms with Crippen molar-refractivity contribution in [2.45, 2.75) is 19.9 Å². The number of benzene rings is 2. The van der Waals surface area contributed by atoms with Gasteiger partial charge in [0.1, 0.15) is 6.61 Å². The molecule has 2 aromatic carbocycles. The van der Waals surface area contributed by atoms with Crippen molar-refractivity contribution in [1.82, 2.24) is 4.57 Å². The summed E-state index contributed by atoms with van der Waals surface area (Å²) < 4.78 is 28.6. The summed E-state index contributed by atoms with van der Waals surface area (Å²) >= 11 is 1.18. The van der Waals surface area contributed by atoms with E-state index in [9.17, 15) is 14.4 Å². The Morgan fingerprint density at radius 1 is 1.02 bits per heavy atom. The monoisotopic (exact) mass is 564 g/mol. The average molecular weight is 565 g/mol. The highest BCUT2D eigenvalue weighted by molar-refractivity contribution is 7.07. The molecular weight excluding hydrogens is 536 g/mol. The Kier molecular flexibility index (Phi) is 8.54. The van der Waals surface area contributed by atoms with Gasteiger partial charge in [-0.15, -0.1) is 0 Å². The summed E-state index contributed by atoms with van der Waals surface area (Å²) in [6.45, 7) is 6.61. The Balaban J connectivity index is 1.91. The zero-order valence-electron chi connectivity index (χ0n) is 22.7. The number of hydrogen-bond acceptors (Lipinski definition) is 10. The third-order valence-corrected chi connectivity index (χ3v) is 7.02. The zero-order chi connectivity index (χ0) is 29.0. The number of allylic oxidation sites excluding steroid dienone is 1. The first-order valence-electron chi connectivity index (χ1n) is 12.1. The second-order valence-electron chi connectivity index (χ2n) is 8.59. The van der Waals surface area contributed by atoms with Crippen molar-refractivity contribution in [3.8, 4) is 23.0 Å². The highest BCUT2D eigenvalue weighted by atomic mass is 32.1. The van der Waals surface area contributed by atoms with Gasteiger partial charge in [0, 0.05) is 6.92 Å². The van der Waals surface area contributed by atoms with Crippen molar-refractivity contribution < 1.29 is 33.3 Å². The SMILES string of the molecule is C=CCOC(=O)C1=C(C)N=c2s/c(=C\c3ccc(OC(C)=O)c(OC)c3)c(=O)n2[C@H]1c1ccc(OC)c(OC)c1. The van der Waals surface area contributed by atoms with Crippen molar-refractivity contribution in [3.63, 3.8) is 0 Å². The first-order chi connectivity index (χ1) is 19.2. The summed E-state index contributed by atoms with van der Waals surface area (Å²) in [7, 11) is 4.49. The largest absolute Gasteiger partial charge is 0.493 e. The van der Waals surface area contributed by atoms with Crippen LogP contribution < -0.4 is 33.8 Å². The fraction of sp³-hybridized carbons (Fsp3) is 0.241. The van der Waals surface area contributed by atoms with E-state index in [-0.39, 0.29) is 23.5 Å². The first kappa shape index (κ1) is 28.4. The molecule has 2 heterocycles. The molecule has 208 valence electrons. The van der Waals surface area contributed by atoms with E-state index in [4.69, 9.17) is 23.7 Å². The van der Waals surface area contributed by atoms with Crippen LogP contribution in [-0.2, 0) is 14.3 Å². The van der Waals surface area contributed by atoms with Crippen LogP contribution in [0, 0.1) is 0 Å². The van der Waals surface area contributed by atoms with E-state index >= 15 is 0 Å². The summed E-state index contributed by atoms with van der Waals surface area (Å²) in [6, 6.07) is 9.31. The molecule has 1 aliphatic rings. The molecule has 11 heteroatoms. The molecule has 0 spiro atoms. The minimum Gasteiger partial charge on any atom is -0.493 e. The lowest BCUT2D eigenvalue weighted by Gasteiger charge is -2.25. The van der Waals surface area contributed by atoms with E-state index in [0.717, 1.165) is 0 Å². The second-order valence-corrected chi connectivity index (χ2v) is 9.60. The minimum absolute atomic E-state index is 0.00383. The zero-order valence-corrected chi connectivity index (χ0v) is 23.5. The number of esters is 2. The molecule has 0 radical (unpaired) electrons. The Morgan fingerprint density at radius 3 is 2.35 bits per heavy atom. The number of carbonyl (C=O) groups excluding carboxylic acids is 2. The van der Waals surface area contributed by atoms with Gasteiger partial charge in [0.2, 0.25) is 0 Å². The van der Waals surface area contributed by atoms with Crippen LogP contribution in [0.1, 0.15) is 31.0 Å². The van der Waals surface area contributed by atoms with Crippen molar-refractivity contribution >= 4 is 29.4 Å². The second kappa shape index (κ2) is 12.0. The lowest BCUT2D eigenvalue weighted by molar-refractivity contribution is -0.138. The topological polar surface area (TPSA) is 115 Å². The maximum Gasteiger partial charge on any atom is 0.338 e. The van der Waals surface area contributed by atoms with Gasteiger partial charge in [0.15, 0.2) is 27.8 Å². The fourth-order valence-electron chi connectivity index (χ4n) is 4.30. The third kappa shape index (κ3) is 5.55. The summed E-state index contributed by atoms with van der Waals surface area (Å²) in [5, 5.41) is 0. The molecule has 0 saturated carbocycles. The molecule has 0 amide bonds. The first-order valence-corrected chi connectivity index (χ1v) is 12.9. The van der Waals surface area contributed by atoms with Gasteiger partial charge in [-0.1, -0.05) is 36.1 Å². The third-order valence-electron chi connectivity index (χ3n) is 6.04. The predicted molar refractivity (Wildman–Crippen MR) is 149 cm³/mol. The number of ether oxygens (including phenoxy) is 5. The van der Waals surface area contributed by atoms with Crippen LogP contribution in [0.25, 0.3) is 6.08 Å². The van der Waals surface area contributed by atoms with Gasteiger partial charge in [-0.2, -0.15) is 0 Å². The van der Waals surface area contributed by atoms with Gasteiger partial charge in [-0.3, -0.25) is 14.2 Å². The molecule has 1 aromatic heterocycles. The molecule has 0 fully saturated rings. The van der Waals surface area contributed by atoms with Crippen molar-refractivity contribution in [2.75, 3.05) is 27.9 Å². The highest BCUT2D eigenvalue weighted by Crippen LogP contribution is 2.36. The van der Waals surface area contributed by atoms with E-state index in [2.05, 4.69) is 11.6 Å². The van der Waals surface area contributed by atoms with Crippen LogP contribution in [0.3, 0.4) is 0 Å². The number of methoxy groups -OCH3 is 3. The van der Waals surface area contributed by atoms with Gasteiger partial charge < -0.3 is 23.7 Å². The number of fused-ring (bicyclic) bond motifs is 1. The van der Waals surface area contributed by atoms with E-state index in [1.54, 1.807) is 49.4 Å². The van der Waals surface area contributed by atoms with E-state index in [0.29, 0.717) is 43.4 Å². The van der Waals surface area contributed by atoms with Crippen molar-refractivity contribution in [3.05, 3.63) is 91.1 Å². The van der Waals surface area contributed by atoms with Gasteiger partial charge >= 0.3 is 11.9 Å². The Hall–Kier alpha value is -4.64. The van der Waals surface area contributed by atoms with Gasteiger partial charge in [0.25, 0.3) is 5.56 Å². The minimum atomic E-state index is -0.837. The van der Waals surface area contributed by atoms with Gasteiger partial charge in [0.05, 0.1) is 43.2 Å². The number of thiazole rings is 1. The highest BCUT2D eigenvalue weighted by Gasteiger charge is 2.34. The quantitative estimate of drug-likeness (QED) is 0.221. The number of rotatable bonds is 9. The average Bonchev–Trinajstić information content (AvgIpc) is 3.24. The van der Waals surface area contributed by atoms with Crippen LogP contribution in [0.4, 0.5) is 0 Å². The summed E-state index contributed by atoms with van der Waals surface area (Å²) in [6.07, 6.45) is 3.15. The molecule has 10 nitrogen and oxygen atoms in total. The van der Waals surface area contributed by atoms with Crippen LogP contribution in [0.15, 0.2) is 70.1 Å². The van der Waals surface area contributed by atoms with Crippen LogP contribution >= 0.6 is 11.3 Å². The molecule has 4 rings (SSSR count). The Morgan fingerprint density at radius 2 is 1.70 bits per heavy atom. The Bertz CT molecular complexity index is 1700. The van der Waals surface area contributed by atoms with Crippen molar-refractivity contribution in [1.29, 1.82) is 0 Å². The summed E-state index contributed by atoms with van der Waals surface area (Å²) in [5.74, 6) is 0.452. The molecule has 0 N–H and O–H groups in total. The molecule has 0 saturated heterocycles.